The maximum Gasteiger partial charge on any atom is 0.417 e. The van der Waals surface area contributed by atoms with Crippen molar-refractivity contribution in [1.29, 1.82) is 0 Å². The van der Waals surface area contributed by atoms with Gasteiger partial charge in [-0.25, -0.2) is 0 Å². The molecule has 590 valence electrons. The fourth-order valence-electron chi connectivity index (χ4n) is 19.9. The third-order valence-corrected chi connectivity index (χ3v) is 25.3. The van der Waals surface area contributed by atoms with Crippen LogP contribution in [0.25, 0.3) is 97.3 Å². The Bertz CT molecular complexity index is 5010. The van der Waals surface area contributed by atoms with Crippen molar-refractivity contribution in [1.82, 2.24) is 19.6 Å². The van der Waals surface area contributed by atoms with Crippen molar-refractivity contribution in [3.63, 3.8) is 0 Å². The van der Waals surface area contributed by atoms with E-state index in [1.807, 2.05) is 27.7 Å². The van der Waals surface area contributed by atoms with Gasteiger partial charge in [0.15, 0.2) is 0 Å². The summed E-state index contributed by atoms with van der Waals surface area (Å²) < 4.78 is 104. The highest BCUT2D eigenvalue weighted by Gasteiger charge is 2.49. The van der Waals surface area contributed by atoms with E-state index in [0.29, 0.717) is 77.0 Å². The van der Waals surface area contributed by atoms with Gasteiger partial charge in [0.25, 0.3) is 47.3 Å². The van der Waals surface area contributed by atoms with Crippen LogP contribution in [0.2, 0.25) is 0 Å². The summed E-state index contributed by atoms with van der Waals surface area (Å²) in [6.07, 6.45) is 11.2. The van der Waals surface area contributed by atoms with Gasteiger partial charge in [-0.3, -0.25) is 58.0 Å². The van der Waals surface area contributed by atoms with Gasteiger partial charge in [0.2, 0.25) is 0 Å². The monoisotopic (exact) mass is 1530 g/mol. The van der Waals surface area contributed by atoms with Gasteiger partial charge < -0.3 is 0 Å². The summed E-state index contributed by atoms with van der Waals surface area (Å²) in [5, 5.41) is -1.000. The van der Waals surface area contributed by atoms with E-state index in [2.05, 4.69) is 27.7 Å². The molecule has 10 aromatic rings. The van der Waals surface area contributed by atoms with E-state index in [1.165, 1.54) is 46.2 Å². The molecule has 0 unspecified atom stereocenters. The van der Waals surface area contributed by atoms with E-state index >= 15 is 64.7 Å². The fraction of sp³-hybridized carbons (Fsp3) is 0.489. The molecule has 0 saturated heterocycles. The largest absolute Gasteiger partial charge is 0.417 e. The van der Waals surface area contributed by atoms with Crippen LogP contribution in [0.3, 0.4) is 0 Å². The number of benzene rings is 10. The van der Waals surface area contributed by atoms with E-state index in [1.54, 1.807) is 24.3 Å². The Morgan fingerprint density at radius 2 is 0.420 bits per heavy atom. The third-order valence-electron chi connectivity index (χ3n) is 25.3. The van der Waals surface area contributed by atoms with Gasteiger partial charge in [-0.05, 0) is 154 Å². The lowest BCUT2D eigenvalue weighted by Crippen LogP contribution is -2.47. The van der Waals surface area contributed by atoms with Gasteiger partial charge in [-0.1, -0.05) is 234 Å². The summed E-state index contributed by atoms with van der Waals surface area (Å²) in [6.45, 7) is 16.3. The first-order chi connectivity index (χ1) is 54.0. The molecule has 0 aromatic heterocycles. The van der Waals surface area contributed by atoms with Crippen molar-refractivity contribution in [2.75, 3.05) is 0 Å². The molecule has 112 heavy (non-hydrogen) atoms. The molecule has 8 amide bonds. The average molecular weight is 1530 g/mol. The molecule has 0 atom stereocenters. The molecule has 0 spiro atoms. The minimum atomic E-state index is -5.26. The Balaban J connectivity index is 1.18. The van der Waals surface area contributed by atoms with Crippen molar-refractivity contribution in [3.8, 4) is 11.1 Å². The minimum Gasteiger partial charge on any atom is -0.271 e. The van der Waals surface area contributed by atoms with Crippen LogP contribution >= 0.6 is 0 Å². The molecule has 0 aliphatic carbocycles. The molecule has 4 aliphatic rings. The highest BCUT2D eigenvalue weighted by molar-refractivity contribution is 6.47. The zero-order chi connectivity index (χ0) is 79.5. The van der Waals surface area contributed by atoms with Crippen LogP contribution in [0, 0.1) is 0 Å². The van der Waals surface area contributed by atoms with Gasteiger partial charge in [0.1, 0.15) is 0 Å². The molecule has 0 radical (unpaired) electrons. The van der Waals surface area contributed by atoms with Crippen molar-refractivity contribution >= 4 is 133 Å². The van der Waals surface area contributed by atoms with Gasteiger partial charge in [0.05, 0.1) is 11.1 Å². The van der Waals surface area contributed by atoms with E-state index in [-0.39, 0.29) is 120 Å². The second-order valence-corrected chi connectivity index (χ2v) is 32.5. The molecule has 14 rings (SSSR count). The lowest BCUT2D eigenvalue weighted by atomic mass is 9.75. The Morgan fingerprint density at radius 1 is 0.223 bits per heavy atom. The number of nitrogens with zero attached hydrogens (tertiary/aromatic N) is 4. The number of hydrogen-bond donors (Lipinski definition) is 0. The number of imide groups is 4. The highest BCUT2D eigenvalue weighted by Crippen LogP contribution is 2.58. The summed E-state index contributed by atoms with van der Waals surface area (Å²) in [6, 6.07) is 14.3. The first kappa shape index (κ1) is 79.6. The van der Waals surface area contributed by atoms with Crippen molar-refractivity contribution < 1.29 is 64.7 Å². The highest BCUT2D eigenvalue weighted by atomic mass is 19.4. The molecule has 0 saturated carbocycles. The smallest absolute Gasteiger partial charge is 0.271 e. The van der Waals surface area contributed by atoms with Crippen LogP contribution in [-0.2, 0) is 12.4 Å². The third kappa shape index (κ3) is 13.3. The quantitative estimate of drug-likeness (QED) is 0.0123. The molecule has 12 nitrogen and oxygen atoms in total. The summed E-state index contributed by atoms with van der Waals surface area (Å²) >= 11 is 0. The predicted octanol–water partition coefficient (Wildman–Crippen LogP) is 26.0. The van der Waals surface area contributed by atoms with Crippen LogP contribution in [-0.4, -0.2) is 91.0 Å². The Morgan fingerprint density at radius 3 is 0.634 bits per heavy atom. The number of hydrogen-bond acceptors (Lipinski definition) is 8. The number of alkyl halides is 6. The number of carbonyl (C=O) groups excluding carboxylic acids is 8. The van der Waals surface area contributed by atoms with Gasteiger partial charge in [-0.2, -0.15) is 26.3 Å². The molecule has 0 N–H and O–H groups in total. The van der Waals surface area contributed by atoms with E-state index in [0.717, 1.165) is 150 Å². The SMILES string of the molecule is CCCCCC(CCCCC)N1C(=O)c2ccc3c4c(-c5cc6c7c(cc(C(F)(F)F)c8c9ccc%10c%11c(ccc(c5c78)c%119)C(=O)N(C(CCCCC)CCCCC)C%10=O)C(=O)N(C(CCCCC)CCCCC)C6=O)cc5c6c(cc(C(F)(F)F)c(c7ccc(c2c37)C1=O)c64)C(=O)N(C(CCCCC)CCCCC)C5=O. The van der Waals surface area contributed by atoms with Crippen molar-refractivity contribution in [3.05, 3.63) is 128 Å². The fourth-order valence-corrected chi connectivity index (χ4v) is 19.9. The summed E-state index contributed by atoms with van der Waals surface area (Å²) in [4.78, 5) is 133. The standard InChI is InChI=1S/C94H104F6N4O8/c1-9-17-25-33-53(34-26-18-10-2)101-85(105)61-45-41-57-73-59(43-47-63(77(61)73)87(101)107)81-71(93(95,96)97)51-69-79-67(89(109)103(91(69)111)55(37-29-21-13-5)38-30-22-14-6)49-65(75(57)83(79)81)66-50-68-80-70(92(112)104(90(68)110)56(39-31-23-15-7)40-32-24-16-8)52-72(94(98,99)100)82-60-44-48-64-78-62(46-42-58(74(60)78)76(66)84(80)82)86(106)102(88(64)108)54(35-27-19-11-3)36-28-20-12-4/h41-56H,9-40H2,1-8H3. The zero-order valence-corrected chi connectivity index (χ0v) is 66.2. The van der Waals surface area contributed by atoms with Crippen LogP contribution in [0.4, 0.5) is 26.3 Å². The first-order valence-corrected chi connectivity index (χ1v) is 42.2. The number of rotatable bonds is 37. The summed E-state index contributed by atoms with van der Waals surface area (Å²) in [5.74, 6) is -5.98. The van der Waals surface area contributed by atoms with Crippen LogP contribution < -0.4 is 0 Å². The van der Waals surface area contributed by atoms with Crippen LogP contribution in [0.1, 0.15) is 355 Å². The van der Waals surface area contributed by atoms with E-state index in [9.17, 15) is 0 Å². The van der Waals surface area contributed by atoms with E-state index in [4.69, 9.17) is 0 Å². The zero-order valence-electron chi connectivity index (χ0n) is 66.2. The Labute approximate surface area is 651 Å². The van der Waals surface area contributed by atoms with Crippen LogP contribution in [0.15, 0.2) is 72.8 Å². The second-order valence-electron chi connectivity index (χ2n) is 32.5. The summed E-state index contributed by atoms with van der Waals surface area (Å²) in [7, 11) is 0. The number of halogens is 6. The topological polar surface area (TPSA) is 150 Å². The first-order valence-electron chi connectivity index (χ1n) is 42.2. The average Bonchev–Trinajstić information content (AvgIpc) is 0.670. The Hall–Kier alpha value is -9.06. The van der Waals surface area contributed by atoms with Gasteiger partial charge >= 0.3 is 12.4 Å². The molecular weight excluding hydrogens is 1430 g/mol. The number of unbranched alkanes of at least 4 members (excludes halogenated alkanes) is 16. The van der Waals surface area contributed by atoms with Crippen LogP contribution in [0.5, 0.6) is 0 Å². The molecule has 4 heterocycles. The second kappa shape index (κ2) is 32.4. The molecule has 10 aromatic carbocycles. The normalized spacial score (nSPS) is 15.0. The number of carbonyl (C=O) groups is 8. The van der Waals surface area contributed by atoms with Gasteiger partial charge in [0, 0.05) is 112 Å². The maximum atomic E-state index is 17.3. The van der Waals surface area contributed by atoms with Gasteiger partial charge in [-0.15, -0.1) is 0 Å². The van der Waals surface area contributed by atoms with Crippen molar-refractivity contribution in [2.24, 2.45) is 0 Å². The van der Waals surface area contributed by atoms with E-state index < -0.39 is 117 Å². The lowest BCUT2D eigenvalue weighted by Gasteiger charge is -2.37. The lowest BCUT2D eigenvalue weighted by molar-refractivity contribution is -0.137. The molecule has 18 heteroatoms. The predicted molar refractivity (Wildman–Crippen MR) is 435 cm³/mol. The number of amides is 8. The molecule has 0 fully saturated rings. The minimum absolute atomic E-state index is 0.0235. The maximum absolute atomic E-state index is 17.3. The molecular formula is C94H104F6N4O8. The Kier molecular flexibility index (Phi) is 23.0. The number of fused-ring (bicyclic) bond motifs is 4. The summed E-state index contributed by atoms with van der Waals surface area (Å²) in [5.41, 5.74) is -3.51. The molecule has 0 bridgehead atoms. The molecule has 4 aliphatic heterocycles. The van der Waals surface area contributed by atoms with Crippen molar-refractivity contribution in [2.45, 2.75) is 297 Å².